The number of anilines is 1. The van der Waals surface area contributed by atoms with E-state index in [0.717, 1.165) is 26.7 Å². The maximum Gasteiger partial charge on any atom is 0.267 e. The van der Waals surface area contributed by atoms with Crippen molar-refractivity contribution in [2.75, 3.05) is 5.32 Å². The summed E-state index contributed by atoms with van der Waals surface area (Å²) in [5.74, 6) is 0.933. The van der Waals surface area contributed by atoms with E-state index in [1.54, 1.807) is 13.8 Å². The lowest BCUT2D eigenvalue weighted by molar-refractivity contribution is -0.128. The van der Waals surface area contributed by atoms with Crippen molar-refractivity contribution in [3.63, 3.8) is 0 Å². The van der Waals surface area contributed by atoms with Crippen molar-refractivity contribution in [1.29, 1.82) is 0 Å². The number of fused-ring (bicyclic) bond motifs is 1. The highest BCUT2D eigenvalue weighted by molar-refractivity contribution is 9.10. The van der Waals surface area contributed by atoms with Crippen molar-refractivity contribution in [2.24, 2.45) is 0 Å². The van der Waals surface area contributed by atoms with E-state index >= 15 is 0 Å². The number of halogens is 1. The number of hydrogen-bond donors (Lipinski definition) is 1. The number of benzene rings is 3. The van der Waals surface area contributed by atoms with Gasteiger partial charge in [0.2, 0.25) is 5.89 Å². The first-order valence-electron chi connectivity index (χ1n) is 9.54. The topological polar surface area (TPSA) is 64.4 Å². The minimum absolute atomic E-state index is 0.240. The maximum atomic E-state index is 12.7. The van der Waals surface area contributed by atoms with Crippen LogP contribution in [0.2, 0.25) is 0 Å². The number of aryl methyl sites for hydroxylation is 1. The van der Waals surface area contributed by atoms with Crippen LogP contribution in [0.5, 0.6) is 5.75 Å². The average molecular weight is 465 g/mol. The SMILES string of the molecule is Cc1ccc2oc(-c3ccc(NC(=O)C(C)(C)Oc4ccc(Br)cc4)cc3)nc2c1. The molecule has 152 valence electrons. The molecule has 0 saturated carbocycles. The van der Waals surface area contributed by atoms with E-state index in [9.17, 15) is 4.79 Å². The first kappa shape index (κ1) is 20.2. The summed E-state index contributed by atoms with van der Waals surface area (Å²) in [6, 6.07) is 20.7. The highest BCUT2D eigenvalue weighted by Crippen LogP contribution is 2.27. The van der Waals surface area contributed by atoms with Crippen molar-refractivity contribution in [3.8, 4) is 17.2 Å². The molecule has 1 aromatic heterocycles. The molecule has 5 nitrogen and oxygen atoms in total. The van der Waals surface area contributed by atoms with E-state index in [1.807, 2.05) is 73.7 Å². The van der Waals surface area contributed by atoms with Crippen LogP contribution in [0.15, 0.2) is 75.6 Å². The number of oxazole rings is 1. The molecule has 0 unspecified atom stereocenters. The van der Waals surface area contributed by atoms with Crippen molar-refractivity contribution in [2.45, 2.75) is 26.4 Å². The van der Waals surface area contributed by atoms with Crippen LogP contribution in [0, 0.1) is 6.92 Å². The van der Waals surface area contributed by atoms with Gasteiger partial charge in [-0.15, -0.1) is 0 Å². The van der Waals surface area contributed by atoms with Gasteiger partial charge >= 0.3 is 0 Å². The second-order valence-corrected chi connectivity index (χ2v) is 8.50. The lowest BCUT2D eigenvalue weighted by Crippen LogP contribution is -2.42. The highest BCUT2D eigenvalue weighted by atomic mass is 79.9. The third kappa shape index (κ3) is 4.39. The van der Waals surface area contributed by atoms with Crippen molar-refractivity contribution in [3.05, 3.63) is 76.8 Å². The van der Waals surface area contributed by atoms with Crippen LogP contribution in [0.3, 0.4) is 0 Å². The van der Waals surface area contributed by atoms with Crippen LogP contribution in [-0.2, 0) is 4.79 Å². The van der Waals surface area contributed by atoms with Gasteiger partial charge in [0.1, 0.15) is 11.3 Å². The summed E-state index contributed by atoms with van der Waals surface area (Å²) in [5, 5.41) is 2.90. The first-order valence-corrected chi connectivity index (χ1v) is 10.3. The number of amides is 1. The first-order chi connectivity index (χ1) is 14.3. The molecule has 30 heavy (non-hydrogen) atoms. The van der Waals surface area contributed by atoms with Gasteiger partial charge in [-0.05, 0) is 87.0 Å². The van der Waals surface area contributed by atoms with Crippen LogP contribution in [-0.4, -0.2) is 16.5 Å². The minimum Gasteiger partial charge on any atom is -0.478 e. The fourth-order valence-electron chi connectivity index (χ4n) is 2.98. The van der Waals surface area contributed by atoms with Crippen LogP contribution >= 0.6 is 15.9 Å². The van der Waals surface area contributed by atoms with Gasteiger partial charge in [0.05, 0.1) is 0 Å². The molecule has 1 N–H and O–H groups in total. The third-order valence-corrected chi connectivity index (χ3v) is 5.19. The predicted molar refractivity (Wildman–Crippen MR) is 122 cm³/mol. The summed E-state index contributed by atoms with van der Waals surface area (Å²) >= 11 is 3.39. The predicted octanol–water partition coefficient (Wildman–Crippen LogP) is 6.36. The molecule has 0 aliphatic carbocycles. The number of hydrogen-bond acceptors (Lipinski definition) is 4. The fraction of sp³-hybridized carbons (Fsp3) is 0.167. The molecule has 0 aliphatic heterocycles. The molecule has 0 fully saturated rings. The molecule has 4 aromatic rings. The van der Waals surface area contributed by atoms with Gasteiger partial charge in [0, 0.05) is 15.7 Å². The Morgan fingerprint density at radius 3 is 2.43 bits per heavy atom. The Morgan fingerprint density at radius 2 is 1.73 bits per heavy atom. The van der Waals surface area contributed by atoms with Crippen molar-refractivity contribution in [1.82, 2.24) is 4.98 Å². The van der Waals surface area contributed by atoms with Gasteiger partial charge < -0.3 is 14.5 Å². The molecule has 1 heterocycles. The monoisotopic (exact) mass is 464 g/mol. The summed E-state index contributed by atoms with van der Waals surface area (Å²) in [5.41, 5.74) is 3.18. The van der Waals surface area contributed by atoms with Crippen molar-refractivity contribution >= 4 is 38.6 Å². The van der Waals surface area contributed by atoms with Gasteiger partial charge in [-0.2, -0.15) is 0 Å². The molecule has 4 rings (SSSR count). The molecule has 0 spiro atoms. The Labute approximate surface area is 183 Å². The van der Waals surface area contributed by atoms with E-state index < -0.39 is 5.60 Å². The number of ether oxygens (including phenoxy) is 1. The molecule has 0 saturated heterocycles. The molecular formula is C24H21BrN2O3. The number of nitrogens with one attached hydrogen (secondary N) is 1. The molecule has 0 atom stereocenters. The van der Waals surface area contributed by atoms with Gasteiger partial charge in [0.25, 0.3) is 5.91 Å². The molecule has 6 heteroatoms. The van der Waals surface area contributed by atoms with Gasteiger partial charge in [0.15, 0.2) is 11.2 Å². The van der Waals surface area contributed by atoms with E-state index in [0.29, 0.717) is 17.3 Å². The molecule has 0 radical (unpaired) electrons. The second-order valence-electron chi connectivity index (χ2n) is 7.59. The molecular weight excluding hydrogens is 444 g/mol. The third-order valence-electron chi connectivity index (χ3n) is 4.67. The van der Waals surface area contributed by atoms with Crippen molar-refractivity contribution < 1.29 is 13.9 Å². The Bertz CT molecular complexity index is 1200. The molecule has 0 bridgehead atoms. The summed E-state index contributed by atoms with van der Waals surface area (Å²) in [6.45, 7) is 5.49. The molecule has 3 aromatic carbocycles. The van der Waals surface area contributed by atoms with Gasteiger partial charge in [-0.25, -0.2) is 4.98 Å². The van der Waals surface area contributed by atoms with Crippen LogP contribution in [0.25, 0.3) is 22.6 Å². The van der Waals surface area contributed by atoms with Crippen LogP contribution < -0.4 is 10.1 Å². The van der Waals surface area contributed by atoms with Crippen LogP contribution in [0.4, 0.5) is 5.69 Å². The maximum absolute atomic E-state index is 12.7. The van der Waals surface area contributed by atoms with E-state index in [1.165, 1.54) is 0 Å². The largest absolute Gasteiger partial charge is 0.478 e. The highest BCUT2D eigenvalue weighted by Gasteiger charge is 2.30. The zero-order chi connectivity index (χ0) is 21.3. The fourth-order valence-corrected chi connectivity index (χ4v) is 3.25. The number of rotatable bonds is 5. The summed E-state index contributed by atoms with van der Waals surface area (Å²) in [6.07, 6.45) is 0. The van der Waals surface area contributed by atoms with E-state index in [2.05, 4.69) is 26.2 Å². The van der Waals surface area contributed by atoms with E-state index in [-0.39, 0.29) is 5.91 Å². The second kappa shape index (κ2) is 7.95. The zero-order valence-electron chi connectivity index (χ0n) is 16.9. The van der Waals surface area contributed by atoms with E-state index in [4.69, 9.17) is 9.15 Å². The number of aromatic nitrogens is 1. The minimum atomic E-state index is -1.04. The van der Waals surface area contributed by atoms with Crippen LogP contribution in [0.1, 0.15) is 19.4 Å². The summed E-state index contributed by atoms with van der Waals surface area (Å²) in [4.78, 5) is 17.3. The smallest absolute Gasteiger partial charge is 0.267 e. The Hall–Kier alpha value is -3.12. The normalized spacial score (nSPS) is 11.5. The number of nitrogens with zero attached hydrogens (tertiary/aromatic N) is 1. The zero-order valence-corrected chi connectivity index (χ0v) is 18.5. The number of carbonyl (C=O) groups is 1. The molecule has 0 aliphatic rings. The Balaban J connectivity index is 1.46. The average Bonchev–Trinajstić information content (AvgIpc) is 3.13. The number of carbonyl (C=O) groups excluding carboxylic acids is 1. The Morgan fingerprint density at radius 1 is 1.03 bits per heavy atom. The Kier molecular flexibility index (Phi) is 5.35. The standard InChI is InChI=1S/C24H21BrN2O3/c1-15-4-13-21-20(14-15)27-22(29-21)16-5-9-18(10-6-16)26-23(28)24(2,3)30-19-11-7-17(25)8-12-19/h4-14H,1-3H3,(H,26,28). The molecule has 1 amide bonds. The summed E-state index contributed by atoms with van der Waals surface area (Å²) < 4.78 is 12.7. The lowest BCUT2D eigenvalue weighted by atomic mass is 10.1. The quantitative estimate of drug-likeness (QED) is 0.373. The van der Waals surface area contributed by atoms with Gasteiger partial charge in [-0.1, -0.05) is 22.0 Å². The van der Waals surface area contributed by atoms with Gasteiger partial charge in [-0.3, -0.25) is 4.79 Å². The lowest BCUT2D eigenvalue weighted by Gasteiger charge is -2.25. The summed E-state index contributed by atoms with van der Waals surface area (Å²) in [7, 11) is 0.